The molecular weight excluding hydrogens is 329 g/mol. The standard InChI is InChI=1S/C21H22FN3O/c1-16-13-24(15-21(26-16)17-6-3-2-4-7-17)14-19-10-11-25(23-19)20-9-5-8-18(22)12-20/h2-12,16,21H,13-15H2,1H3/t16-,21-/m1/s1. The lowest BCUT2D eigenvalue weighted by Gasteiger charge is -2.36. The van der Waals surface area contributed by atoms with Crippen LogP contribution >= 0.6 is 0 Å². The van der Waals surface area contributed by atoms with E-state index in [1.165, 1.54) is 17.7 Å². The van der Waals surface area contributed by atoms with Crippen molar-refractivity contribution in [2.45, 2.75) is 25.7 Å². The first-order valence-electron chi connectivity index (χ1n) is 8.90. The van der Waals surface area contributed by atoms with Gasteiger partial charge in [0.25, 0.3) is 0 Å². The van der Waals surface area contributed by atoms with Crippen molar-refractivity contribution in [3.8, 4) is 5.69 Å². The van der Waals surface area contributed by atoms with Crippen LogP contribution in [0.15, 0.2) is 66.9 Å². The molecule has 2 atom stereocenters. The highest BCUT2D eigenvalue weighted by atomic mass is 19.1. The number of hydrogen-bond acceptors (Lipinski definition) is 3. The molecule has 1 aliphatic heterocycles. The summed E-state index contributed by atoms with van der Waals surface area (Å²) in [5.74, 6) is -0.257. The fourth-order valence-electron chi connectivity index (χ4n) is 3.46. The van der Waals surface area contributed by atoms with Gasteiger partial charge < -0.3 is 4.74 Å². The number of aromatic nitrogens is 2. The molecule has 3 aromatic rings. The number of benzene rings is 2. The van der Waals surface area contributed by atoms with Crippen LogP contribution in [0.25, 0.3) is 5.69 Å². The van der Waals surface area contributed by atoms with E-state index in [1.807, 2.05) is 36.5 Å². The SMILES string of the molecule is C[C@@H]1CN(Cc2ccn(-c3cccc(F)c3)n2)C[C@H](c2ccccc2)O1. The third-order valence-electron chi connectivity index (χ3n) is 4.61. The van der Waals surface area contributed by atoms with Gasteiger partial charge in [0.2, 0.25) is 0 Å². The summed E-state index contributed by atoms with van der Waals surface area (Å²) in [6, 6.07) is 18.8. The second kappa shape index (κ2) is 7.40. The van der Waals surface area contributed by atoms with Gasteiger partial charge >= 0.3 is 0 Å². The van der Waals surface area contributed by atoms with E-state index in [0.29, 0.717) is 0 Å². The first-order valence-corrected chi connectivity index (χ1v) is 8.90. The number of hydrogen-bond donors (Lipinski definition) is 0. The second-order valence-electron chi connectivity index (χ2n) is 6.77. The smallest absolute Gasteiger partial charge is 0.125 e. The van der Waals surface area contributed by atoms with E-state index in [4.69, 9.17) is 4.74 Å². The number of morpholine rings is 1. The monoisotopic (exact) mass is 351 g/mol. The lowest BCUT2D eigenvalue weighted by atomic mass is 10.1. The van der Waals surface area contributed by atoms with E-state index in [0.717, 1.165) is 31.0 Å². The van der Waals surface area contributed by atoms with Crippen molar-refractivity contribution in [3.63, 3.8) is 0 Å². The summed E-state index contributed by atoms with van der Waals surface area (Å²) in [6.07, 6.45) is 2.12. The fraction of sp³-hybridized carbons (Fsp3) is 0.286. The van der Waals surface area contributed by atoms with Crippen molar-refractivity contribution in [2.75, 3.05) is 13.1 Å². The van der Waals surface area contributed by atoms with Crippen LogP contribution in [0.5, 0.6) is 0 Å². The first kappa shape index (κ1) is 16.9. The topological polar surface area (TPSA) is 30.3 Å². The summed E-state index contributed by atoms with van der Waals surface area (Å²) >= 11 is 0. The molecule has 0 spiro atoms. The predicted octanol–water partition coefficient (Wildman–Crippen LogP) is 3.97. The predicted molar refractivity (Wildman–Crippen MR) is 98.5 cm³/mol. The van der Waals surface area contributed by atoms with E-state index in [2.05, 4.69) is 29.1 Å². The minimum Gasteiger partial charge on any atom is -0.368 e. The molecule has 1 aromatic heterocycles. The highest BCUT2D eigenvalue weighted by molar-refractivity contribution is 5.31. The minimum atomic E-state index is -0.257. The Kier molecular flexibility index (Phi) is 4.82. The molecule has 0 radical (unpaired) electrons. The molecule has 26 heavy (non-hydrogen) atoms. The number of halogens is 1. The highest BCUT2D eigenvalue weighted by Gasteiger charge is 2.26. The largest absolute Gasteiger partial charge is 0.368 e. The van der Waals surface area contributed by atoms with Crippen molar-refractivity contribution in [1.82, 2.24) is 14.7 Å². The molecule has 5 heteroatoms. The third kappa shape index (κ3) is 3.84. The average molecular weight is 351 g/mol. The number of rotatable bonds is 4. The van der Waals surface area contributed by atoms with Crippen LogP contribution in [0.3, 0.4) is 0 Å². The van der Waals surface area contributed by atoms with Gasteiger partial charge in [-0.25, -0.2) is 9.07 Å². The van der Waals surface area contributed by atoms with Crippen LogP contribution in [0, 0.1) is 5.82 Å². The Labute approximate surface area is 152 Å². The lowest BCUT2D eigenvalue weighted by Crippen LogP contribution is -2.42. The fourth-order valence-corrected chi connectivity index (χ4v) is 3.46. The molecule has 0 amide bonds. The molecule has 0 aliphatic carbocycles. The molecule has 1 saturated heterocycles. The maximum Gasteiger partial charge on any atom is 0.125 e. The third-order valence-corrected chi connectivity index (χ3v) is 4.61. The molecule has 2 heterocycles. The summed E-state index contributed by atoms with van der Waals surface area (Å²) in [5, 5.41) is 4.61. The quantitative estimate of drug-likeness (QED) is 0.712. The molecule has 2 aromatic carbocycles. The molecule has 1 aliphatic rings. The summed E-state index contributed by atoms with van der Waals surface area (Å²) < 4.78 is 21.3. The van der Waals surface area contributed by atoms with Gasteiger partial charge in [-0.15, -0.1) is 0 Å². The zero-order valence-corrected chi connectivity index (χ0v) is 14.8. The first-order chi connectivity index (χ1) is 12.7. The molecule has 1 fully saturated rings. The van der Waals surface area contributed by atoms with Crippen LogP contribution in [0.2, 0.25) is 0 Å². The Bertz CT molecular complexity index is 864. The maximum absolute atomic E-state index is 13.4. The second-order valence-corrected chi connectivity index (χ2v) is 6.77. The van der Waals surface area contributed by atoms with Crippen molar-refractivity contribution in [1.29, 1.82) is 0 Å². The summed E-state index contributed by atoms with van der Waals surface area (Å²) in [4.78, 5) is 2.37. The van der Waals surface area contributed by atoms with E-state index in [9.17, 15) is 4.39 Å². The van der Waals surface area contributed by atoms with Crippen molar-refractivity contribution in [3.05, 3.63) is 83.9 Å². The van der Waals surface area contributed by atoms with E-state index in [1.54, 1.807) is 10.7 Å². The molecule has 134 valence electrons. The Morgan fingerprint density at radius 3 is 2.73 bits per heavy atom. The molecule has 0 saturated carbocycles. The van der Waals surface area contributed by atoms with E-state index < -0.39 is 0 Å². The van der Waals surface area contributed by atoms with Gasteiger partial charge in [0.15, 0.2) is 0 Å². The van der Waals surface area contributed by atoms with Gasteiger partial charge in [-0.3, -0.25) is 4.90 Å². The van der Waals surface area contributed by atoms with Crippen LogP contribution in [0.1, 0.15) is 24.3 Å². The van der Waals surface area contributed by atoms with Crippen LogP contribution in [0.4, 0.5) is 4.39 Å². The van der Waals surface area contributed by atoms with E-state index in [-0.39, 0.29) is 18.0 Å². The van der Waals surface area contributed by atoms with Crippen molar-refractivity contribution in [2.24, 2.45) is 0 Å². The van der Waals surface area contributed by atoms with Gasteiger partial charge in [-0.1, -0.05) is 36.4 Å². The Hall–Kier alpha value is -2.50. The van der Waals surface area contributed by atoms with Crippen molar-refractivity contribution >= 4 is 0 Å². The maximum atomic E-state index is 13.4. The van der Waals surface area contributed by atoms with Gasteiger partial charge in [-0.05, 0) is 36.8 Å². The minimum absolute atomic E-state index is 0.0743. The Morgan fingerprint density at radius 2 is 1.92 bits per heavy atom. The lowest BCUT2D eigenvalue weighted by molar-refractivity contribution is -0.0816. The van der Waals surface area contributed by atoms with Gasteiger partial charge in [-0.2, -0.15) is 5.10 Å². The Balaban J connectivity index is 1.47. The van der Waals surface area contributed by atoms with Gasteiger partial charge in [0, 0.05) is 25.8 Å². The molecular formula is C21H22FN3O. The Morgan fingerprint density at radius 1 is 1.08 bits per heavy atom. The highest BCUT2D eigenvalue weighted by Crippen LogP contribution is 2.26. The number of nitrogens with zero attached hydrogens (tertiary/aromatic N) is 3. The van der Waals surface area contributed by atoms with Crippen LogP contribution in [-0.2, 0) is 11.3 Å². The molecule has 0 bridgehead atoms. The van der Waals surface area contributed by atoms with Crippen LogP contribution < -0.4 is 0 Å². The zero-order valence-electron chi connectivity index (χ0n) is 14.8. The molecule has 4 rings (SSSR count). The summed E-state index contributed by atoms with van der Waals surface area (Å²) in [5.41, 5.74) is 2.90. The van der Waals surface area contributed by atoms with Gasteiger partial charge in [0.1, 0.15) is 5.82 Å². The molecule has 0 unspecified atom stereocenters. The van der Waals surface area contributed by atoms with Crippen molar-refractivity contribution < 1.29 is 9.13 Å². The number of ether oxygens (including phenoxy) is 1. The zero-order chi connectivity index (χ0) is 17.9. The summed E-state index contributed by atoms with van der Waals surface area (Å²) in [6.45, 7) is 4.56. The van der Waals surface area contributed by atoms with Gasteiger partial charge in [0.05, 0.1) is 23.6 Å². The molecule has 0 N–H and O–H groups in total. The van der Waals surface area contributed by atoms with E-state index >= 15 is 0 Å². The average Bonchev–Trinajstić information content (AvgIpc) is 3.10. The molecule has 4 nitrogen and oxygen atoms in total. The van der Waals surface area contributed by atoms with Crippen LogP contribution in [-0.4, -0.2) is 33.9 Å². The normalized spacial score (nSPS) is 21.0. The summed E-state index contributed by atoms with van der Waals surface area (Å²) in [7, 11) is 0.